The first kappa shape index (κ1) is 53.8. The Labute approximate surface area is 371 Å². The van der Waals surface area contributed by atoms with E-state index in [1.54, 1.807) is 0 Å². The van der Waals surface area contributed by atoms with Crippen LogP contribution in [0.4, 0.5) is 11.4 Å². The summed E-state index contributed by atoms with van der Waals surface area (Å²) in [6.45, 7) is 9.11. The summed E-state index contributed by atoms with van der Waals surface area (Å²) in [6, 6.07) is 17.8. The van der Waals surface area contributed by atoms with Crippen molar-refractivity contribution in [1.82, 2.24) is 0 Å². The van der Waals surface area contributed by atoms with Crippen molar-refractivity contribution in [3.8, 4) is 0 Å². The number of aliphatic imine (C=N–C) groups is 2. The van der Waals surface area contributed by atoms with Crippen LogP contribution in [0.25, 0.3) is 0 Å². The molecular weight excluding hydrogens is 747 g/mol. The van der Waals surface area contributed by atoms with Crippen LogP contribution in [0.3, 0.4) is 0 Å². The van der Waals surface area contributed by atoms with E-state index in [1.165, 1.54) is 189 Å². The van der Waals surface area contributed by atoms with Crippen molar-refractivity contribution >= 4 is 22.8 Å². The van der Waals surface area contributed by atoms with Crippen LogP contribution in [0.15, 0.2) is 82.8 Å². The SMILES string of the molecule is CCC/C=C/CCCc1ccccc1/N=C(CCCC)/C(CCCCCCCCCCCCCCCCCCCCC)=N/c1ccccc1CCC/C=C/CCC.[Ni]. The van der Waals surface area contributed by atoms with Crippen LogP contribution in [0.2, 0.25) is 0 Å². The largest absolute Gasteiger partial charge is 0.251 e. The van der Waals surface area contributed by atoms with Gasteiger partial charge in [-0.2, -0.15) is 0 Å². The van der Waals surface area contributed by atoms with Crippen LogP contribution >= 0.6 is 0 Å². The average Bonchev–Trinajstić information content (AvgIpc) is 3.23. The maximum Gasteiger partial charge on any atom is 0.0665 e. The number of rotatable bonds is 38. The number of benzene rings is 2. The van der Waals surface area contributed by atoms with Crippen molar-refractivity contribution in [3.63, 3.8) is 0 Å². The summed E-state index contributed by atoms with van der Waals surface area (Å²) in [5.41, 5.74) is 7.48. The molecule has 330 valence electrons. The van der Waals surface area contributed by atoms with Crippen LogP contribution in [0, 0.1) is 0 Å². The van der Waals surface area contributed by atoms with Crippen LogP contribution in [0.1, 0.15) is 238 Å². The summed E-state index contributed by atoms with van der Waals surface area (Å²) in [7, 11) is 0. The van der Waals surface area contributed by atoms with E-state index >= 15 is 0 Å². The van der Waals surface area contributed by atoms with Crippen molar-refractivity contribution in [1.29, 1.82) is 0 Å². The van der Waals surface area contributed by atoms with Gasteiger partial charge in [0.1, 0.15) is 0 Å². The number of hydrogen-bond acceptors (Lipinski definition) is 2. The first-order valence-electron chi connectivity index (χ1n) is 24.8. The molecule has 0 amide bonds. The van der Waals surface area contributed by atoms with Gasteiger partial charge in [0.25, 0.3) is 0 Å². The van der Waals surface area contributed by atoms with Gasteiger partial charge in [-0.25, -0.2) is 0 Å². The predicted molar refractivity (Wildman–Crippen MR) is 259 cm³/mol. The molecule has 2 aromatic rings. The summed E-state index contributed by atoms with van der Waals surface area (Å²) in [6.07, 6.45) is 52.0. The quantitative estimate of drug-likeness (QED) is 0.0279. The Morgan fingerprint density at radius 3 is 1.07 bits per heavy atom. The van der Waals surface area contributed by atoms with Gasteiger partial charge in [0.2, 0.25) is 0 Å². The Morgan fingerprint density at radius 2 is 0.690 bits per heavy atom. The van der Waals surface area contributed by atoms with Gasteiger partial charge >= 0.3 is 0 Å². The zero-order chi connectivity index (χ0) is 40.7. The first-order chi connectivity index (χ1) is 28.2. The van der Waals surface area contributed by atoms with Crippen LogP contribution in [0.5, 0.6) is 0 Å². The monoisotopic (exact) mass is 837 g/mol. The molecule has 0 aromatic heterocycles. The Morgan fingerprint density at radius 1 is 0.362 bits per heavy atom. The zero-order valence-corrected chi connectivity index (χ0v) is 39.5. The smallest absolute Gasteiger partial charge is 0.0665 e. The van der Waals surface area contributed by atoms with Gasteiger partial charge in [0.05, 0.1) is 22.8 Å². The minimum absolute atomic E-state index is 0. The topological polar surface area (TPSA) is 24.7 Å². The Kier molecular flexibility index (Phi) is 37.2. The molecule has 0 aliphatic heterocycles. The van der Waals surface area contributed by atoms with Crippen LogP contribution < -0.4 is 0 Å². The summed E-state index contributed by atoms with van der Waals surface area (Å²) in [5.74, 6) is 0. The van der Waals surface area contributed by atoms with Gasteiger partial charge < -0.3 is 0 Å². The third-order valence-corrected chi connectivity index (χ3v) is 11.5. The third-order valence-electron chi connectivity index (χ3n) is 11.5. The second kappa shape index (κ2) is 40.2. The summed E-state index contributed by atoms with van der Waals surface area (Å²) in [4.78, 5) is 11.1. The average molecular weight is 838 g/mol. The van der Waals surface area contributed by atoms with E-state index < -0.39 is 0 Å². The summed E-state index contributed by atoms with van der Waals surface area (Å²) < 4.78 is 0. The van der Waals surface area contributed by atoms with Crippen LogP contribution in [-0.4, -0.2) is 11.4 Å². The van der Waals surface area contributed by atoms with Crippen molar-refractivity contribution in [2.24, 2.45) is 9.98 Å². The second-order valence-corrected chi connectivity index (χ2v) is 16.9. The minimum atomic E-state index is 0. The molecule has 2 rings (SSSR count). The fourth-order valence-corrected chi connectivity index (χ4v) is 7.82. The maximum absolute atomic E-state index is 5.55. The van der Waals surface area contributed by atoms with E-state index in [4.69, 9.17) is 9.98 Å². The molecule has 0 spiro atoms. The van der Waals surface area contributed by atoms with E-state index in [-0.39, 0.29) is 16.5 Å². The number of allylic oxidation sites excluding steroid dienone is 4. The normalized spacial score (nSPS) is 12.3. The van der Waals surface area contributed by atoms with Gasteiger partial charge in [-0.3, -0.25) is 9.98 Å². The van der Waals surface area contributed by atoms with E-state index in [0.29, 0.717) is 0 Å². The van der Waals surface area contributed by atoms with Gasteiger partial charge in [-0.05, 0) is 100 Å². The molecule has 0 N–H and O–H groups in total. The number of unbranched alkanes of at least 4 members (excludes halogenated alkanes) is 23. The molecule has 0 saturated carbocycles. The summed E-state index contributed by atoms with van der Waals surface area (Å²) in [5, 5.41) is 0. The van der Waals surface area contributed by atoms with E-state index in [2.05, 4.69) is 101 Å². The minimum Gasteiger partial charge on any atom is -0.251 e. The van der Waals surface area contributed by atoms with Gasteiger partial charge in [0.15, 0.2) is 0 Å². The third kappa shape index (κ3) is 28.3. The number of para-hydroxylation sites is 2. The fourth-order valence-electron chi connectivity index (χ4n) is 7.82. The van der Waals surface area contributed by atoms with Crippen molar-refractivity contribution in [3.05, 3.63) is 84.0 Å². The molecule has 0 atom stereocenters. The number of nitrogens with zero attached hydrogens (tertiary/aromatic N) is 2. The van der Waals surface area contributed by atoms with E-state index in [1.807, 2.05) is 0 Å². The number of hydrogen-bond donors (Lipinski definition) is 0. The van der Waals surface area contributed by atoms with Gasteiger partial charge in [-0.1, -0.05) is 223 Å². The fraction of sp³-hybridized carbons (Fsp3) is 0.673. The van der Waals surface area contributed by atoms with Crippen molar-refractivity contribution in [2.45, 2.75) is 240 Å². The molecule has 0 saturated heterocycles. The van der Waals surface area contributed by atoms with Crippen molar-refractivity contribution in [2.75, 3.05) is 0 Å². The van der Waals surface area contributed by atoms with Gasteiger partial charge in [0, 0.05) is 16.5 Å². The molecule has 0 radical (unpaired) electrons. The molecule has 0 unspecified atom stereocenters. The second-order valence-electron chi connectivity index (χ2n) is 16.9. The molecule has 0 aliphatic rings. The van der Waals surface area contributed by atoms with Crippen LogP contribution in [-0.2, 0) is 29.3 Å². The Bertz CT molecular complexity index is 1340. The van der Waals surface area contributed by atoms with Crippen molar-refractivity contribution < 1.29 is 16.5 Å². The Balaban J connectivity index is 0.0000168. The van der Waals surface area contributed by atoms with Gasteiger partial charge in [-0.15, -0.1) is 0 Å². The molecular formula is C55H90N2Ni. The Hall–Kier alpha value is -2.25. The summed E-state index contributed by atoms with van der Waals surface area (Å²) >= 11 is 0. The molecule has 2 aromatic carbocycles. The predicted octanol–water partition coefficient (Wildman–Crippen LogP) is 18.9. The standard InChI is InChI=1S/C55H90N2.Ni/c1-5-9-13-16-19-20-21-22-23-24-25-26-27-28-29-30-31-34-37-49-55(57-53-48-41-39-45-51(53)43-36-33-18-15-11-7-3)54(46-12-8-4)56-52-47-40-38-44-50(52)42-35-32-17-14-10-6-2;/h14-15,17-18,38-41,44-45,47-48H,5-13,16,19-37,42-43,46,49H2,1-4H3;/b17-14+,18-15+,56-54+,57-55+;. The number of aryl methyl sites for hydroxylation is 2. The zero-order valence-electron chi connectivity index (χ0n) is 38.5. The molecule has 3 heteroatoms. The molecule has 0 heterocycles. The molecule has 0 fully saturated rings. The first-order valence-corrected chi connectivity index (χ1v) is 24.8. The molecule has 2 nitrogen and oxygen atoms in total. The molecule has 0 aliphatic carbocycles. The van der Waals surface area contributed by atoms with E-state index in [0.717, 1.165) is 56.3 Å². The maximum atomic E-state index is 5.55. The molecule has 0 bridgehead atoms. The van der Waals surface area contributed by atoms with E-state index in [9.17, 15) is 0 Å². The molecule has 58 heavy (non-hydrogen) atoms.